The van der Waals surface area contributed by atoms with Crippen molar-refractivity contribution in [2.24, 2.45) is 0 Å². The average Bonchev–Trinajstić information content (AvgIpc) is 2.34. The first kappa shape index (κ1) is 13.2. The van der Waals surface area contributed by atoms with Gasteiger partial charge < -0.3 is 5.32 Å². The quantitative estimate of drug-likeness (QED) is 0.831. The summed E-state index contributed by atoms with van der Waals surface area (Å²) in [5.41, 5.74) is 2.88. The molecule has 94 valence electrons. The molecule has 0 saturated carbocycles. The Morgan fingerprint density at radius 1 is 1.06 bits per heavy atom. The molecule has 2 rings (SSSR count). The first-order chi connectivity index (χ1) is 8.56. The summed E-state index contributed by atoms with van der Waals surface area (Å²) in [6.45, 7) is 2.54. The summed E-state index contributed by atoms with van der Waals surface area (Å²) in [7, 11) is 0. The zero-order chi connectivity index (χ0) is 13.1. The second-order valence-electron chi connectivity index (χ2n) is 4.09. The lowest BCUT2D eigenvalue weighted by Crippen LogP contribution is -2.00. The Morgan fingerprint density at radius 3 is 2.56 bits per heavy atom. The van der Waals surface area contributed by atoms with E-state index in [4.69, 9.17) is 23.2 Å². The van der Waals surface area contributed by atoms with Crippen molar-refractivity contribution in [2.75, 3.05) is 5.32 Å². The van der Waals surface area contributed by atoms with Crippen molar-refractivity contribution in [3.8, 4) is 0 Å². The summed E-state index contributed by atoms with van der Waals surface area (Å²) in [6, 6.07) is 10.4. The number of halogens is 3. The zero-order valence-electron chi connectivity index (χ0n) is 9.81. The number of rotatable bonds is 3. The van der Waals surface area contributed by atoms with Crippen molar-refractivity contribution in [1.82, 2.24) is 0 Å². The van der Waals surface area contributed by atoms with E-state index in [0.29, 0.717) is 11.6 Å². The van der Waals surface area contributed by atoms with Gasteiger partial charge in [0.25, 0.3) is 0 Å². The fourth-order valence-corrected chi connectivity index (χ4v) is 2.01. The molecule has 1 nitrogen and oxygen atoms in total. The number of nitrogens with one attached hydrogen (secondary N) is 1. The van der Waals surface area contributed by atoms with Gasteiger partial charge in [-0.25, -0.2) is 4.39 Å². The van der Waals surface area contributed by atoms with Gasteiger partial charge in [0.2, 0.25) is 0 Å². The fraction of sp³-hybridized carbons (Fsp3) is 0.143. The Morgan fingerprint density at radius 2 is 1.83 bits per heavy atom. The van der Waals surface area contributed by atoms with E-state index in [1.165, 1.54) is 6.07 Å². The fourth-order valence-electron chi connectivity index (χ4n) is 1.62. The second-order valence-corrected chi connectivity index (χ2v) is 4.90. The smallest absolute Gasteiger partial charge is 0.141 e. The second kappa shape index (κ2) is 5.59. The lowest BCUT2D eigenvalue weighted by molar-refractivity contribution is 0.627. The summed E-state index contributed by atoms with van der Waals surface area (Å²) in [4.78, 5) is 0. The Hall–Kier alpha value is -1.25. The van der Waals surface area contributed by atoms with Crippen LogP contribution in [0.15, 0.2) is 36.4 Å². The molecule has 0 aliphatic carbocycles. The molecule has 2 aromatic carbocycles. The molecule has 0 amide bonds. The van der Waals surface area contributed by atoms with Gasteiger partial charge in [-0.1, -0.05) is 35.3 Å². The van der Waals surface area contributed by atoms with Gasteiger partial charge in [-0.3, -0.25) is 0 Å². The van der Waals surface area contributed by atoms with E-state index in [9.17, 15) is 4.39 Å². The Balaban J connectivity index is 2.11. The summed E-state index contributed by atoms with van der Waals surface area (Å²) in [5, 5.41) is 3.99. The molecule has 0 heterocycles. The van der Waals surface area contributed by atoms with E-state index >= 15 is 0 Å². The molecule has 2 aromatic rings. The topological polar surface area (TPSA) is 12.0 Å². The number of aryl methyl sites for hydroxylation is 1. The molecule has 0 bridgehead atoms. The Kier molecular flexibility index (Phi) is 4.10. The van der Waals surface area contributed by atoms with Crippen LogP contribution in [-0.4, -0.2) is 0 Å². The monoisotopic (exact) mass is 283 g/mol. The van der Waals surface area contributed by atoms with Gasteiger partial charge in [0, 0.05) is 6.54 Å². The van der Waals surface area contributed by atoms with E-state index in [1.54, 1.807) is 12.1 Å². The third kappa shape index (κ3) is 3.15. The van der Waals surface area contributed by atoms with Crippen LogP contribution in [0.2, 0.25) is 10.0 Å². The van der Waals surface area contributed by atoms with Crippen LogP contribution in [0.3, 0.4) is 0 Å². The standard InChI is InChI=1S/C14H12Cl2FN/c1-9-2-4-11(15)14(6-9)18-8-10-3-5-13(17)12(16)7-10/h2-7,18H,8H2,1H3. The molecule has 0 unspecified atom stereocenters. The third-order valence-corrected chi connectivity index (χ3v) is 3.21. The van der Waals surface area contributed by atoms with Gasteiger partial charge in [0.15, 0.2) is 0 Å². The van der Waals surface area contributed by atoms with Gasteiger partial charge in [-0.15, -0.1) is 0 Å². The highest BCUT2D eigenvalue weighted by Gasteiger charge is 2.03. The molecule has 1 N–H and O–H groups in total. The minimum atomic E-state index is -0.408. The molecule has 0 fully saturated rings. The van der Waals surface area contributed by atoms with Crippen molar-refractivity contribution < 1.29 is 4.39 Å². The third-order valence-electron chi connectivity index (χ3n) is 2.59. The molecule has 0 spiro atoms. The van der Waals surface area contributed by atoms with Gasteiger partial charge in [0.05, 0.1) is 15.7 Å². The van der Waals surface area contributed by atoms with Crippen LogP contribution in [0, 0.1) is 12.7 Å². The van der Waals surface area contributed by atoms with Crippen molar-refractivity contribution in [3.05, 3.63) is 63.4 Å². The molecule has 0 radical (unpaired) electrons. The SMILES string of the molecule is Cc1ccc(Cl)c(NCc2ccc(F)c(Cl)c2)c1. The maximum atomic E-state index is 13.0. The molecule has 0 aromatic heterocycles. The normalized spacial score (nSPS) is 10.4. The van der Waals surface area contributed by atoms with E-state index < -0.39 is 5.82 Å². The Labute approximate surface area is 116 Å². The zero-order valence-corrected chi connectivity index (χ0v) is 11.3. The molecule has 0 aliphatic rings. The molecule has 18 heavy (non-hydrogen) atoms. The van der Waals surface area contributed by atoms with Crippen LogP contribution in [-0.2, 0) is 6.54 Å². The highest BCUT2D eigenvalue weighted by atomic mass is 35.5. The first-order valence-corrected chi connectivity index (χ1v) is 6.26. The summed E-state index contributed by atoms with van der Waals surface area (Å²) in [5.74, 6) is -0.408. The predicted molar refractivity (Wildman–Crippen MR) is 74.9 cm³/mol. The summed E-state index contributed by atoms with van der Waals surface area (Å²) < 4.78 is 13.0. The summed E-state index contributed by atoms with van der Waals surface area (Å²) in [6.07, 6.45) is 0. The van der Waals surface area contributed by atoms with Crippen LogP contribution in [0.25, 0.3) is 0 Å². The Bertz CT molecular complexity index is 570. The molecular formula is C14H12Cl2FN. The lowest BCUT2D eigenvalue weighted by Gasteiger charge is -2.09. The minimum Gasteiger partial charge on any atom is -0.380 e. The van der Waals surface area contributed by atoms with E-state index in [1.807, 2.05) is 25.1 Å². The van der Waals surface area contributed by atoms with Crippen LogP contribution in [0.1, 0.15) is 11.1 Å². The molecule has 4 heteroatoms. The van der Waals surface area contributed by atoms with Crippen LogP contribution < -0.4 is 5.32 Å². The van der Waals surface area contributed by atoms with E-state index in [-0.39, 0.29) is 5.02 Å². The van der Waals surface area contributed by atoms with Gasteiger partial charge >= 0.3 is 0 Å². The lowest BCUT2D eigenvalue weighted by atomic mass is 10.2. The van der Waals surface area contributed by atoms with Crippen LogP contribution >= 0.6 is 23.2 Å². The van der Waals surface area contributed by atoms with Crippen LogP contribution in [0.4, 0.5) is 10.1 Å². The molecule has 0 aliphatic heterocycles. The summed E-state index contributed by atoms with van der Waals surface area (Å²) >= 11 is 11.8. The molecule has 0 saturated heterocycles. The van der Waals surface area contributed by atoms with Gasteiger partial charge in [-0.2, -0.15) is 0 Å². The maximum Gasteiger partial charge on any atom is 0.141 e. The first-order valence-electron chi connectivity index (χ1n) is 5.50. The minimum absolute atomic E-state index is 0.129. The van der Waals surface area contributed by atoms with Gasteiger partial charge in [0.1, 0.15) is 5.82 Å². The maximum absolute atomic E-state index is 13.0. The number of anilines is 1. The predicted octanol–water partition coefficient (Wildman–Crippen LogP) is 5.05. The average molecular weight is 284 g/mol. The number of hydrogen-bond donors (Lipinski definition) is 1. The number of hydrogen-bond acceptors (Lipinski definition) is 1. The van der Waals surface area contributed by atoms with Crippen molar-refractivity contribution in [1.29, 1.82) is 0 Å². The highest BCUT2D eigenvalue weighted by molar-refractivity contribution is 6.33. The van der Waals surface area contributed by atoms with E-state index in [2.05, 4.69) is 5.32 Å². The van der Waals surface area contributed by atoms with Crippen LogP contribution in [0.5, 0.6) is 0 Å². The highest BCUT2D eigenvalue weighted by Crippen LogP contribution is 2.24. The van der Waals surface area contributed by atoms with E-state index in [0.717, 1.165) is 16.8 Å². The molecule has 0 atom stereocenters. The number of benzene rings is 2. The molecular weight excluding hydrogens is 272 g/mol. The van der Waals surface area contributed by atoms with Crippen molar-refractivity contribution in [2.45, 2.75) is 13.5 Å². The van der Waals surface area contributed by atoms with Crippen molar-refractivity contribution >= 4 is 28.9 Å². The largest absolute Gasteiger partial charge is 0.380 e. The van der Waals surface area contributed by atoms with Gasteiger partial charge in [-0.05, 0) is 42.3 Å². The van der Waals surface area contributed by atoms with Crippen molar-refractivity contribution in [3.63, 3.8) is 0 Å².